The molecule has 5 aromatic rings. The third kappa shape index (κ3) is 6.43. The summed E-state index contributed by atoms with van der Waals surface area (Å²) in [4.78, 5) is 45.7. The highest BCUT2D eigenvalue weighted by molar-refractivity contribution is 6.42. The van der Waals surface area contributed by atoms with Gasteiger partial charge in [-0.1, -0.05) is 41.4 Å². The number of carbonyl (C=O) groups excluding carboxylic acids is 2. The summed E-state index contributed by atoms with van der Waals surface area (Å²) in [6, 6.07) is 14.0. The molecule has 1 fully saturated rings. The molecule has 1 amide bonds. The van der Waals surface area contributed by atoms with E-state index in [1.165, 1.54) is 12.1 Å². The number of carboxylic acid groups (broad SMARTS) is 1. The first kappa shape index (κ1) is 31.1. The Morgan fingerprint density at radius 1 is 1.11 bits per heavy atom. The Balaban J connectivity index is 0.000000493. The number of benzene rings is 2. The first-order valence-corrected chi connectivity index (χ1v) is 14.0. The van der Waals surface area contributed by atoms with E-state index in [0.29, 0.717) is 36.3 Å². The number of H-pyrrole nitrogens is 3. The van der Waals surface area contributed by atoms with Crippen LogP contribution in [0.5, 0.6) is 0 Å². The normalized spacial score (nSPS) is 15.3. The van der Waals surface area contributed by atoms with Gasteiger partial charge < -0.3 is 19.8 Å². The number of rotatable bonds is 4. The second-order valence-corrected chi connectivity index (χ2v) is 11.0. The number of likely N-dealkylation sites (tertiary alicyclic amines) is 1. The topological polar surface area (TPSA) is 128 Å². The van der Waals surface area contributed by atoms with Gasteiger partial charge in [0.2, 0.25) is 0 Å². The second kappa shape index (κ2) is 12.3. The second-order valence-electron chi connectivity index (χ2n) is 10.2. The third-order valence-electron chi connectivity index (χ3n) is 7.25. The number of piperidine rings is 1. The lowest BCUT2D eigenvalue weighted by atomic mass is 9.96. The zero-order chi connectivity index (χ0) is 31.8. The zero-order valence-electron chi connectivity index (χ0n) is 22.6. The standard InChI is InChI=1S/C27H22Cl2FN5O2.C2HF3O2/c28-19-12-23-26(36)31-13-17(35(23)24(19)29)10-15-7-8-20(30)18(11-15)27(37)34-9-3-4-16(14-34)25-32-21-5-1-2-6-22(21)33-25;3-2(4,5)1(6)7/h1-2,5-8,11-13,16H,3-4,9-10,14H2,(H,31,36)(H,32,33);(H,6,7). The Labute approximate surface area is 256 Å². The molecule has 0 spiro atoms. The summed E-state index contributed by atoms with van der Waals surface area (Å²) in [5.41, 5.74) is 3.41. The monoisotopic (exact) mass is 651 g/mol. The minimum Gasteiger partial charge on any atom is -0.542 e. The summed E-state index contributed by atoms with van der Waals surface area (Å²) >= 11 is 12.5. The summed E-state index contributed by atoms with van der Waals surface area (Å²) in [7, 11) is 0. The van der Waals surface area contributed by atoms with Crippen molar-refractivity contribution in [1.29, 1.82) is 0 Å². The SMILES string of the molecule is O=C([O-])C(F)(F)F.O=C(c1cc(Cc2c[nH]c(=O)c3cc(Cl)c(Cl)n23)ccc1F)N1CCCC(c2[nH]c3ccccc3[nH+]2)C1. The van der Waals surface area contributed by atoms with E-state index in [-0.39, 0.29) is 33.1 Å². The molecule has 0 radical (unpaired) electrons. The van der Waals surface area contributed by atoms with Crippen molar-refractivity contribution in [3.05, 3.63) is 104 Å². The van der Waals surface area contributed by atoms with Crippen LogP contribution in [0.2, 0.25) is 10.2 Å². The van der Waals surface area contributed by atoms with E-state index in [9.17, 15) is 27.2 Å². The van der Waals surface area contributed by atoms with Gasteiger partial charge in [-0.25, -0.2) is 14.4 Å². The fourth-order valence-electron chi connectivity index (χ4n) is 5.17. The van der Waals surface area contributed by atoms with Crippen LogP contribution >= 0.6 is 23.2 Å². The van der Waals surface area contributed by atoms with Crippen LogP contribution in [0.1, 0.15) is 46.2 Å². The zero-order valence-corrected chi connectivity index (χ0v) is 24.1. The van der Waals surface area contributed by atoms with Gasteiger partial charge in [0.1, 0.15) is 22.5 Å². The number of imidazole rings is 1. The number of aromatic nitrogens is 4. The Bertz CT molecular complexity index is 1900. The molecule has 15 heteroatoms. The molecule has 1 unspecified atom stereocenters. The van der Waals surface area contributed by atoms with Crippen molar-refractivity contribution in [1.82, 2.24) is 19.3 Å². The van der Waals surface area contributed by atoms with Crippen LogP contribution in [0.4, 0.5) is 17.6 Å². The van der Waals surface area contributed by atoms with Gasteiger partial charge in [-0.2, -0.15) is 13.2 Å². The van der Waals surface area contributed by atoms with Crippen molar-refractivity contribution < 1.29 is 37.2 Å². The smallest absolute Gasteiger partial charge is 0.430 e. The van der Waals surface area contributed by atoms with Crippen molar-refractivity contribution in [2.45, 2.75) is 31.4 Å². The van der Waals surface area contributed by atoms with Gasteiger partial charge in [-0.05, 0) is 48.7 Å². The largest absolute Gasteiger partial charge is 0.542 e. The van der Waals surface area contributed by atoms with Crippen molar-refractivity contribution in [3.8, 4) is 0 Å². The number of nitrogens with one attached hydrogen (secondary N) is 3. The number of carbonyl (C=O) groups is 2. The van der Waals surface area contributed by atoms with Crippen LogP contribution in [0, 0.1) is 5.82 Å². The number of amides is 1. The van der Waals surface area contributed by atoms with E-state index in [4.69, 9.17) is 33.1 Å². The number of hydrogen-bond acceptors (Lipinski definition) is 4. The number of fused-ring (bicyclic) bond motifs is 2. The maximum absolute atomic E-state index is 14.9. The number of aromatic amines is 3. The summed E-state index contributed by atoms with van der Waals surface area (Å²) < 4.78 is 48.0. The summed E-state index contributed by atoms with van der Waals surface area (Å²) in [5.74, 6) is -2.84. The molecule has 230 valence electrons. The van der Waals surface area contributed by atoms with Gasteiger partial charge >= 0.3 is 6.18 Å². The maximum Gasteiger partial charge on any atom is 0.430 e. The number of nitrogens with zero attached hydrogens (tertiary/aromatic N) is 2. The van der Waals surface area contributed by atoms with E-state index in [1.54, 1.807) is 27.6 Å². The molecule has 1 atom stereocenters. The van der Waals surface area contributed by atoms with Gasteiger partial charge in [-0.3, -0.25) is 14.0 Å². The van der Waals surface area contributed by atoms with Crippen molar-refractivity contribution in [2.24, 2.45) is 0 Å². The highest BCUT2D eigenvalue weighted by Gasteiger charge is 2.31. The van der Waals surface area contributed by atoms with E-state index < -0.39 is 18.0 Å². The number of alkyl halides is 3. The number of halogens is 6. The third-order valence-corrected chi connectivity index (χ3v) is 8.01. The molecule has 44 heavy (non-hydrogen) atoms. The van der Waals surface area contributed by atoms with Gasteiger partial charge in [-0.15, -0.1) is 0 Å². The Morgan fingerprint density at radius 3 is 2.55 bits per heavy atom. The molecule has 1 saturated heterocycles. The highest BCUT2D eigenvalue weighted by atomic mass is 35.5. The first-order chi connectivity index (χ1) is 20.8. The lowest BCUT2D eigenvalue weighted by Gasteiger charge is -2.30. The molecular weight excluding hydrogens is 629 g/mol. The predicted octanol–water partition coefficient (Wildman–Crippen LogP) is 4.28. The maximum atomic E-state index is 14.9. The fourth-order valence-corrected chi connectivity index (χ4v) is 5.61. The van der Waals surface area contributed by atoms with E-state index in [1.807, 2.05) is 24.3 Å². The van der Waals surface area contributed by atoms with E-state index >= 15 is 0 Å². The highest BCUT2D eigenvalue weighted by Crippen LogP contribution is 2.29. The number of carboxylic acids is 1. The van der Waals surface area contributed by atoms with Crippen molar-refractivity contribution in [3.63, 3.8) is 0 Å². The average Bonchev–Trinajstić information content (AvgIpc) is 3.56. The van der Waals surface area contributed by atoms with E-state index in [2.05, 4.69) is 15.0 Å². The molecular formula is C29H23Cl2F4N5O4. The lowest BCUT2D eigenvalue weighted by molar-refractivity contribution is -0.361. The number of hydrogen-bond donors (Lipinski definition) is 2. The molecule has 3 aromatic heterocycles. The quantitative estimate of drug-likeness (QED) is 0.281. The van der Waals surface area contributed by atoms with Crippen LogP contribution in [0.25, 0.3) is 16.6 Å². The van der Waals surface area contributed by atoms with Crippen LogP contribution < -0.4 is 15.6 Å². The molecule has 1 aliphatic rings. The minimum atomic E-state index is -5.19. The van der Waals surface area contributed by atoms with Crippen LogP contribution in [-0.4, -0.2) is 50.4 Å². The molecule has 9 nitrogen and oxygen atoms in total. The fraction of sp³-hybridized carbons (Fsp3) is 0.241. The molecule has 3 N–H and O–H groups in total. The molecule has 0 aliphatic carbocycles. The molecule has 4 heterocycles. The predicted molar refractivity (Wildman–Crippen MR) is 151 cm³/mol. The van der Waals surface area contributed by atoms with Gasteiger partial charge in [0.05, 0.1) is 16.5 Å². The molecule has 1 aliphatic heterocycles. The molecule has 0 saturated carbocycles. The number of para-hydroxylation sites is 2. The first-order valence-electron chi connectivity index (χ1n) is 13.3. The average molecular weight is 652 g/mol. The van der Waals surface area contributed by atoms with Crippen LogP contribution in [0.3, 0.4) is 0 Å². The lowest BCUT2D eigenvalue weighted by Crippen LogP contribution is -2.40. The van der Waals surface area contributed by atoms with Gasteiger partial charge in [0.25, 0.3) is 17.3 Å². The van der Waals surface area contributed by atoms with Crippen molar-refractivity contribution >= 4 is 51.6 Å². The molecule has 0 bridgehead atoms. The van der Waals surface area contributed by atoms with Crippen LogP contribution in [0.15, 0.2) is 59.5 Å². The van der Waals surface area contributed by atoms with Crippen LogP contribution in [-0.2, 0) is 11.2 Å². The summed E-state index contributed by atoms with van der Waals surface area (Å²) in [6.45, 7) is 1.06. The van der Waals surface area contributed by atoms with Gasteiger partial charge in [0, 0.05) is 31.4 Å². The Kier molecular flexibility index (Phi) is 8.71. The summed E-state index contributed by atoms with van der Waals surface area (Å²) in [5, 5.41) is 9.28. The van der Waals surface area contributed by atoms with E-state index in [0.717, 1.165) is 29.7 Å². The Hall–Kier alpha value is -4.36. The Morgan fingerprint density at radius 2 is 1.84 bits per heavy atom. The molecule has 2 aromatic carbocycles. The molecule has 6 rings (SSSR count). The van der Waals surface area contributed by atoms with Crippen molar-refractivity contribution in [2.75, 3.05) is 13.1 Å². The summed E-state index contributed by atoms with van der Waals surface area (Å²) in [6.07, 6.45) is -1.58. The number of aliphatic carboxylic acids is 1. The minimum absolute atomic E-state index is 0.0241. The van der Waals surface area contributed by atoms with Gasteiger partial charge in [0.15, 0.2) is 11.0 Å².